The van der Waals surface area contributed by atoms with Gasteiger partial charge in [-0.15, -0.1) is 0 Å². The molecule has 8 heteroatoms. The van der Waals surface area contributed by atoms with Crippen LogP contribution in [0.5, 0.6) is 0 Å². The molecule has 1 aliphatic carbocycles. The van der Waals surface area contributed by atoms with E-state index in [2.05, 4.69) is 4.99 Å². The zero-order chi connectivity index (χ0) is 19.8. The molecule has 0 spiro atoms. The number of carboxylic acids is 1. The maximum absolute atomic E-state index is 13.1. The van der Waals surface area contributed by atoms with Gasteiger partial charge in [-0.25, -0.2) is 0 Å². The highest BCUT2D eigenvalue weighted by Gasteiger charge is 2.30. The number of nitrogens with zero attached hydrogens (tertiary/aromatic N) is 2. The Morgan fingerprint density at radius 1 is 1.22 bits per heavy atom. The lowest BCUT2D eigenvalue weighted by Crippen LogP contribution is -2.17. The molecule has 2 aliphatic rings. The Morgan fingerprint density at radius 2 is 1.96 bits per heavy atom. The molecule has 0 saturated carbocycles. The third kappa shape index (κ3) is 3.75. The second kappa shape index (κ2) is 7.18. The maximum Gasteiger partial charge on any atom is 0.303 e. The number of benzene rings is 2. The summed E-state index contributed by atoms with van der Waals surface area (Å²) in [6.45, 7) is 0. The molecule has 1 atom stereocenters. The van der Waals surface area contributed by atoms with Gasteiger partial charge in [-0.2, -0.15) is 0 Å². The van der Waals surface area contributed by atoms with Crippen molar-refractivity contribution in [1.82, 2.24) is 0 Å². The minimum Gasteiger partial charge on any atom is -0.481 e. The lowest BCUT2D eigenvalue weighted by Gasteiger charge is -2.20. The lowest BCUT2D eigenvalue weighted by molar-refractivity contribution is -0.136. The number of hydrogen-bond donors (Lipinski definition) is 2. The summed E-state index contributed by atoms with van der Waals surface area (Å²) in [4.78, 5) is 27.7. The molecule has 27 heavy (non-hydrogen) atoms. The quantitative estimate of drug-likeness (QED) is 0.514. The summed E-state index contributed by atoms with van der Waals surface area (Å²) in [6.07, 6.45) is -0.729. The van der Waals surface area contributed by atoms with Crippen LogP contribution in [0, 0.1) is 0 Å². The Bertz CT molecular complexity index is 1100. The molecule has 0 saturated heterocycles. The molecule has 142 valence electrons. The average molecular weight is 388 g/mol. The molecule has 0 aromatic heterocycles. The molecule has 1 unspecified atom stereocenters. The summed E-state index contributed by atoms with van der Waals surface area (Å²) in [5.41, 5.74) is 1.83. The number of aliphatic carboxylic acids is 1. The molecule has 1 heterocycles. The second-order valence-corrected chi connectivity index (χ2v) is 8.80. The van der Waals surface area contributed by atoms with Crippen molar-refractivity contribution in [1.29, 1.82) is 0 Å². The maximum atomic E-state index is 13.1. The van der Waals surface area contributed by atoms with Gasteiger partial charge in [0.15, 0.2) is 0 Å². The van der Waals surface area contributed by atoms with E-state index in [9.17, 15) is 14.3 Å². The first-order valence-corrected chi connectivity index (χ1v) is 10.2. The summed E-state index contributed by atoms with van der Waals surface area (Å²) in [5, 5.41) is 10.4. The van der Waals surface area contributed by atoms with E-state index in [0.29, 0.717) is 27.7 Å². The summed E-state index contributed by atoms with van der Waals surface area (Å²) >= 11 is 0. The van der Waals surface area contributed by atoms with Crippen molar-refractivity contribution in [2.24, 2.45) is 4.99 Å². The van der Waals surface area contributed by atoms with Gasteiger partial charge >= 0.3 is 5.97 Å². The zero-order valence-corrected chi connectivity index (χ0v) is 16.2. The van der Waals surface area contributed by atoms with Crippen molar-refractivity contribution in [2.75, 3.05) is 32.2 Å². The van der Waals surface area contributed by atoms with Crippen LogP contribution in [-0.4, -0.2) is 43.3 Å². The Kier molecular flexibility index (Phi) is 5.09. The monoisotopic (exact) mass is 388 g/mol. The molecule has 1 aromatic carbocycles. The highest BCUT2D eigenvalue weighted by molar-refractivity contribution is 7.67. The van der Waals surface area contributed by atoms with Gasteiger partial charge in [0.2, 0.25) is 7.37 Å². The first-order valence-electron chi connectivity index (χ1n) is 8.38. The molecule has 0 radical (unpaired) electrons. The van der Waals surface area contributed by atoms with Crippen molar-refractivity contribution in [3.05, 3.63) is 41.8 Å². The van der Waals surface area contributed by atoms with Crippen LogP contribution in [0.25, 0.3) is 22.3 Å². The van der Waals surface area contributed by atoms with E-state index in [1.165, 1.54) is 0 Å². The third-order valence-electron chi connectivity index (χ3n) is 4.41. The van der Waals surface area contributed by atoms with Crippen molar-refractivity contribution in [2.45, 2.75) is 6.42 Å². The molecule has 0 bridgehead atoms. The van der Waals surface area contributed by atoms with Gasteiger partial charge in [-0.3, -0.25) is 14.4 Å². The van der Waals surface area contributed by atoms with E-state index in [1.807, 2.05) is 25.1 Å². The number of rotatable bonds is 5. The molecular formula is C19H21N2O5P. The minimum atomic E-state index is -3.94. The van der Waals surface area contributed by atoms with Crippen LogP contribution in [0.4, 0.5) is 5.69 Å². The Hall–Kier alpha value is -2.63. The van der Waals surface area contributed by atoms with Gasteiger partial charge < -0.3 is 19.3 Å². The first-order chi connectivity index (χ1) is 12.7. The Labute approximate surface area is 156 Å². The number of carbonyl (C=O) groups is 1. The second-order valence-electron chi connectivity index (χ2n) is 6.50. The van der Waals surface area contributed by atoms with Crippen LogP contribution in [0.15, 0.2) is 45.8 Å². The third-order valence-corrected chi connectivity index (χ3v) is 6.42. The summed E-state index contributed by atoms with van der Waals surface area (Å²) < 4.78 is 19.1. The smallest absolute Gasteiger partial charge is 0.303 e. The Morgan fingerprint density at radius 3 is 2.59 bits per heavy atom. The standard InChI is InChI=1S/C19H21N2O5P/c1-20-12-4-6-14-16(10-12)26-17-11-13(21(2)3)5-7-15(17)19(14)27(24,25)9-8-18(22)23/h4-7,10-11H,8-9H2,1-3H3,(H,22,23)(H,24,25). The van der Waals surface area contributed by atoms with Crippen LogP contribution in [-0.2, 0) is 9.36 Å². The fourth-order valence-electron chi connectivity index (χ4n) is 3.00. The van der Waals surface area contributed by atoms with Crippen molar-refractivity contribution < 1.29 is 23.8 Å². The fraction of sp³-hybridized carbons (Fsp3) is 0.263. The molecule has 3 rings (SSSR count). The lowest BCUT2D eigenvalue weighted by atomic mass is 10.1. The van der Waals surface area contributed by atoms with Gasteiger partial charge in [-0.1, -0.05) is 0 Å². The number of hydrogen-bond acceptors (Lipinski definition) is 5. The molecule has 7 nitrogen and oxygen atoms in total. The van der Waals surface area contributed by atoms with Crippen LogP contribution in [0.1, 0.15) is 6.42 Å². The largest absolute Gasteiger partial charge is 0.481 e. The van der Waals surface area contributed by atoms with E-state index in [1.54, 1.807) is 37.4 Å². The highest BCUT2D eigenvalue weighted by atomic mass is 31.2. The molecular weight excluding hydrogens is 367 g/mol. The van der Waals surface area contributed by atoms with Crippen molar-refractivity contribution >= 4 is 35.3 Å². The fourth-order valence-corrected chi connectivity index (χ4v) is 4.84. The van der Waals surface area contributed by atoms with E-state index < -0.39 is 13.3 Å². The van der Waals surface area contributed by atoms with E-state index in [-0.39, 0.29) is 17.9 Å². The van der Waals surface area contributed by atoms with E-state index in [0.717, 1.165) is 5.69 Å². The average Bonchev–Trinajstić information content (AvgIpc) is 2.63. The zero-order valence-electron chi connectivity index (χ0n) is 15.3. The number of fused-ring (bicyclic) bond motifs is 2. The van der Waals surface area contributed by atoms with E-state index in [4.69, 9.17) is 9.52 Å². The SMILES string of the molecule is CN=c1ccc2c(P(=O)(O)CCC(=O)O)c3ccc(N(C)C)cc3oc-2c1. The molecule has 1 aliphatic heterocycles. The molecule has 0 fully saturated rings. The number of carboxylic acid groups (broad SMARTS) is 1. The minimum absolute atomic E-state index is 0.230. The van der Waals surface area contributed by atoms with Gasteiger partial charge in [0, 0.05) is 56.1 Å². The van der Waals surface area contributed by atoms with Crippen molar-refractivity contribution in [3.63, 3.8) is 0 Å². The predicted molar refractivity (Wildman–Crippen MR) is 105 cm³/mol. The highest BCUT2D eigenvalue weighted by Crippen LogP contribution is 2.46. The van der Waals surface area contributed by atoms with Gasteiger partial charge in [-0.05, 0) is 24.3 Å². The van der Waals surface area contributed by atoms with Crippen LogP contribution in [0.3, 0.4) is 0 Å². The van der Waals surface area contributed by atoms with E-state index >= 15 is 0 Å². The van der Waals surface area contributed by atoms with Gasteiger partial charge in [0.05, 0.1) is 17.1 Å². The molecule has 2 N–H and O–H groups in total. The van der Waals surface area contributed by atoms with Gasteiger partial charge in [0.25, 0.3) is 0 Å². The van der Waals surface area contributed by atoms with Gasteiger partial charge in [0.1, 0.15) is 11.3 Å². The first kappa shape index (κ1) is 19.1. The summed E-state index contributed by atoms with van der Waals surface area (Å²) in [7, 11) is 1.49. The Balaban J connectivity index is 2.36. The molecule has 1 aromatic rings. The predicted octanol–water partition coefficient (Wildman–Crippen LogP) is 2.50. The summed E-state index contributed by atoms with van der Waals surface area (Å²) in [5.74, 6) is -0.679. The topological polar surface area (TPSA) is 103 Å². The van der Waals surface area contributed by atoms with Crippen LogP contribution < -0.4 is 15.6 Å². The van der Waals surface area contributed by atoms with Crippen LogP contribution in [0.2, 0.25) is 0 Å². The van der Waals surface area contributed by atoms with Crippen LogP contribution >= 0.6 is 7.37 Å². The summed E-state index contributed by atoms with van der Waals surface area (Å²) in [6, 6.07) is 10.5. The molecule has 0 amide bonds. The van der Waals surface area contributed by atoms with Crippen molar-refractivity contribution in [3.8, 4) is 11.3 Å². The normalized spacial score (nSPS) is 14.4. The number of anilines is 1.